The second kappa shape index (κ2) is 3.94. The third kappa shape index (κ3) is 1.94. The predicted octanol–water partition coefficient (Wildman–Crippen LogP) is 0.230. The Balaban J connectivity index is 2.33. The van der Waals surface area contributed by atoms with Gasteiger partial charge in [0.1, 0.15) is 6.07 Å². The molecule has 1 aliphatic rings. The molecule has 7 heteroatoms. The van der Waals surface area contributed by atoms with Crippen LogP contribution in [-0.4, -0.2) is 28.3 Å². The quantitative estimate of drug-likeness (QED) is 0.713. The Bertz CT molecular complexity index is 508. The number of hydrogen-bond donors (Lipinski definition) is 1. The first-order chi connectivity index (χ1) is 8.27. The molecule has 2 heterocycles. The molecule has 1 aliphatic heterocycles. The van der Waals surface area contributed by atoms with E-state index in [0.29, 0.717) is 5.59 Å². The molecule has 0 aliphatic carbocycles. The average molecular weight is 246 g/mol. The second-order valence-corrected chi connectivity index (χ2v) is 5.23. The number of nitrogen functional groups attached to an aromatic ring is 1. The molecular formula is C11H15BN4O2. The summed E-state index contributed by atoms with van der Waals surface area (Å²) in [5.74, 6) is 0.109. The van der Waals surface area contributed by atoms with Crippen LogP contribution < -0.4 is 11.3 Å². The van der Waals surface area contributed by atoms with Gasteiger partial charge in [-0.25, -0.2) is 9.97 Å². The molecule has 6 nitrogen and oxygen atoms in total. The summed E-state index contributed by atoms with van der Waals surface area (Å²) in [4.78, 5) is 8.03. The summed E-state index contributed by atoms with van der Waals surface area (Å²) in [6.45, 7) is 7.79. The molecule has 0 aromatic carbocycles. The Morgan fingerprint density at radius 3 is 2.33 bits per heavy atom. The van der Waals surface area contributed by atoms with Crippen LogP contribution in [0.4, 0.5) is 5.82 Å². The molecule has 1 aromatic heterocycles. The molecule has 1 fully saturated rings. The fourth-order valence-electron chi connectivity index (χ4n) is 1.57. The second-order valence-electron chi connectivity index (χ2n) is 5.23. The number of hydrogen-bond acceptors (Lipinski definition) is 6. The van der Waals surface area contributed by atoms with Gasteiger partial charge in [-0.3, -0.25) is 0 Å². The first-order valence-corrected chi connectivity index (χ1v) is 5.65. The molecule has 1 aromatic rings. The van der Waals surface area contributed by atoms with Crippen molar-refractivity contribution in [2.75, 3.05) is 5.73 Å². The van der Waals surface area contributed by atoms with Gasteiger partial charge in [0.2, 0.25) is 0 Å². The Morgan fingerprint density at radius 1 is 1.28 bits per heavy atom. The van der Waals surface area contributed by atoms with Crippen molar-refractivity contribution in [3.63, 3.8) is 0 Å². The van der Waals surface area contributed by atoms with E-state index in [0.717, 1.165) is 0 Å². The van der Waals surface area contributed by atoms with Gasteiger partial charge in [-0.2, -0.15) is 5.26 Å². The maximum Gasteiger partial charge on any atom is 0.516 e. The Morgan fingerprint density at radius 2 is 1.83 bits per heavy atom. The zero-order valence-electron chi connectivity index (χ0n) is 10.9. The SMILES string of the molecule is CC1(C)OB(c2cnc(N)c(C#N)n2)OC1(C)C. The lowest BCUT2D eigenvalue weighted by Crippen LogP contribution is -2.41. The summed E-state index contributed by atoms with van der Waals surface area (Å²) in [6.07, 6.45) is 1.47. The molecule has 94 valence electrons. The van der Waals surface area contributed by atoms with Crippen LogP contribution in [0.15, 0.2) is 6.20 Å². The molecule has 2 N–H and O–H groups in total. The Labute approximate surface area is 106 Å². The van der Waals surface area contributed by atoms with Crippen molar-refractivity contribution >= 4 is 18.5 Å². The van der Waals surface area contributed by atoms with E-state index in [-0.39, 0.29) is 11.5 Å². The van der Waals surface area contributed by atoms with E-state index < -0.39 is 18.3 Å². The van der Waals surface area contributed by atoms with Crippen molar-refractivity contribution in [3.8, 4) is 6.07 Å². The van der Waals surface area contributed by atoms with Crippen molar-refractivity contribution in [3.05, 3.63) is 11.9 Å². The molecule has 0 saturated carbocycles. The number of nitrogens with two attached hydrogens (primary N) is 1. The monoisotopic (exact) mass is 246 g/mol. The van der Waals surface area contributed by atoms with Gasteiger partial charge in [0.25, 0.3) is 0 Å². The third-order valence-corrected chi connectivity index (χ3v) is 3.42. The summed E-state index contributed by atoms with van der Waals surface area (Å²) in [7, 11) is -0.629. The van der Waals surface area contributed by atoms with Crippen LogP contribution in [-0.2, 0) is 9.31 Å². The van der Waals surface area contributed by atoms with Crippen LogP contribution in [0.25, 0.3) is 0 Å². The lowest BCUT2D eigenvalue weighted by atomic mass is 9.85. The summed E-state index contributed by atoms with van der Waals surface area (Å²) >= 11 is 0. The Hall–Kier alpha value is -1.65. The highest BCUT2D eigenvalue weighted by Gasteiger charge is 2.52. The number of aromatic nitrogens is 2. The fraction of sp³-hybridized carbons (Fsp3) is 0.545. The molecule has 18 heavy (non-hydrogen) atoms. The van der Waals surface area contributed by atoms with Gasteiger partial charge in [-0.15, -0.1) is 0 Å². The van der Waals surface area contributed by atoms with E-state index in [4.69, 9.17) is 20.3 Å². The lowest BCUT2D eigenvalue weighted by molar-refractivity contribution is 0.00578. The zero-order chi connectivity index (χ0) is 13.6. The van der Waals surface area contributed by atoms with E-state index in [1.165, 1.54) is 6.20 Å². The van der Waals surface area contributed by atoms with E-state index in [1.54, 1.807) is 0 Å². The van der Waals surface area contributed by atoms with Crippen LogP contribution in [0.2, 0.25) is 0 Å². The summed E-state index contributed by atoms with van der Waals surface area (Å²) in [5, 5.41) is 8.88. The molecule has 0 spiro atoms. The molecule has 0 unspecified atom stereocenters. The van der Waals surface area contributed by atoms with Crippen molar-refractivity contribution in [1.29, 1.82) is 5.26 Å². The van der Waals surface area contributed by atoms with Crippen LogP contribution in [0.5, 0.6) is 0 Å². The zero-order valence-corrected chi connectivity index (χ0v) is 10.9. The molecular weight excluding hydrogens is 231 g/mol. The normalized spacial score (nSPS) is 20.7. The first-order valence-electron chi connectivity index (χ1n) is 5.65. The average Bonchev–Trinajstić information content (AvgIpc) is 2.49. The van der Waals surface area contributed by atoms with Gasteiger partial charge in [-0.05, 0) is 27.7 Å². The van der Waals surface area contributed by atoms with Crippen LogP contribution in [0.1, 0.15) is 33.4 Å². The van der Waals surface area contributed by atoms with Gasteiger partial charge in [-0.1, -0.05) is 0 Å². The molecule has 0 amide bonds. The number of rotatable bonds is 1. The van der Waals surface area contributed by atoms with Gasteiger partial charge in [0, 0.05) is 6.20 Å². The number of nitriles is 1. The molecule has 0 bridgehead atoms. The van der Waals surface area contributed by atoms with E-state index >= 15 is 0 Å². The van der Waals surface area contributed by atoms with Crippen molar-refractivity contribution in [2.24, 2.45) is 0 Å². The van der Waals surface area contributed by atoms with Gasteiger partial charge in [0.05, 0.1) is 16.8 Å². The molecule has 0 atom stereocenters. The topological polar surface area (TPSA) is 94.1 Å². The van der Waals surface area contributed by atoms with Crippen molar-refractivity contribution in [1.82, 2.24) is 9.97 Å². The van der Waals surface area contributed by atoms with E-state index in [2.05, 4.69) is 9.97 Å². The van der Waals surface area contributed by atoms with E-state index in [9.17, 15) is 0 Å². The summed E-state index contributed by atoms with van der Waals surface area (Å²) in [6, 6.07) is 1.89. The van der Waals surface area contributed by atoms with Crippen LogP contribution >= 0.6 is 0 Å². The maximum atomic E-state index is 8.88. The summed E-state index contributed by atoms with van der Waals surface area (Å²) in [5.41, 5.74) is 5.17. The van der Waals surface area contributed by atoms with Gasteiger partial charge in [0.15, 0.2) is 11.5 Å². The van der Waals surface area contributed by atoms with Crippen molar-refractivity contribution < 1.29 is 9.31 Å². The number of nitrogens with zero attached hydrogens (tertiary/aromatic N) is 3. The first kappa shape index (κ1) is 12.8. The predicted molar refractivity (Wildman–Crippen MR) is 66.9 cm³/mol. The minimum Gasteiger partial charge on any atom is -0.398 e. The van der Waals surface area contributed by atoms with Gasteiger partial charge < -0.3 is 15.0 Å². The minimum atomic E-state index is -0.629. The fourth-order valence-corrected chi connectivity index (χ4v) is 1.57. The molecule has 1 saturated heterocycles. The highest BCUT2D eigenvalue weighted by molar-refractivity contribution is 6.61. The minimum absolute atomic E-state index is 0.0854. The molecule has 0 radical (unpaired) electrons. The highest BCUT2D eigenvalue weighted by atomic mass is 16.7. The van der Waals surface area contributed by atoms with E-state index in [1.807, 2.05) is 33.8 Å². The van der Waals surface area contributed by atoms with Crippen LogP contribution in [0.3, 0.4) is 0 Å². The Kier molecular flexibility index (Phi) is 2.80. The van der Waals surface area contributed by atoms with Crippen molar-refractivity contribution in [2.45, 2.75) is 38.9 Å². The largest absolute Gasteiger partial charge is 0.516 e. The van der Waals surface area contributed by atoms with Gasteiger partial charge >= 0.3 is 7.12 Å². The highest BCUT2D eigenvalue weighted by Crippen LogP contribution is 2.36. The lowest BCUT2D eigenvalue weighted by Gasteiger charge is -2.32. The summed E-state index contributed by atoms with van der Waals surface area (Å²) < 4.78 is 11.6. The third-order valence-electron chi connectivity index (χ3n) is 3.42. The maximum absolute atomic E-state index is 8.88. The van der Waals surface area contributed by atoms with Crippen LogP contribution in [0, 0.1) is 11.3 Å². The smallest absolute Gasteiger partial charge is 0.398 e. The number of anilines is 1. The molecule has 2 rings (SSSR count). The standard InChI is InChI=1S/C11H15BN4O2/c1-10(2)11(3,4)18-12(17-10)8-6-15-9(14)7(5-13)16-8/h6H,1-4H3,(H2,14,15).